The third-order valence-electron chi connectivity index (χ3n) is 1.43. The molecule has 3 heteroatoms. The van der Waals surface area contributed by atoms with Gasteiger partial charge in [-0.1, -0.05) is 0 Å². The average Bonchev–Trinajstić information content (AvgIpc) is 1.60. The number of hydrogen-bond acceptors (Lipinski definition) is 3. The molecule has 0 radical (unpaired) electrons. The average molecular weight is 130 g/mol. The Balaban J connectivity index is 2.51. The smallest absolute Gasteiger partial charge is 0.308 e. The molecule has 52 valence electrons. The summed E-state index contributed by atoms with van der Waals surface area (Å²) in [5.41, 5.74) is -0.824. The van der Waals surface area contributed by atoms with E-state index in [1.54, 1.807) is 6.92 Å². The van der Waals surface area contributed by atoms with Crippen molar-refractivity contribution in [2.45, 2.75) is 25.4 Å². The lowest BCUT2D eigenvalue weighted by atomic mass is 9.97. The fraction of sp³-hybridized carbons (Fsp3) is 0.833. The second-order valence-electron chi connectivity index (χ2n) is 2.64. The van der Waals surface area contributed by atoms with E-state index < -0.39 is 5.60 Å². The van der Waals surface area contributed by atoms with Gasteiger partial charge in [-0.25, -0.2) is 0 Å². The lowest BCUT2D eigenvalue weighted by Gasteiger charge is -2.26. The van der Waals surface area contributed by atoms with Gasteiger partial charge in [-0.15, -0.1) is 0 Å². The van der Waals surface area contributed by atoms with Crippen LogP contribution in [0.1, 0.15) is 19.8 Å². The zero-order valence-corrected chi connectivity index (χ0v) is 5.39. The van der Waals surface area contributed by atoms with Gasteiger partial charge in [-0.05, 0) is 6.92 Å². The Kier molecular flexibility index (Phi) is 1.45. The largest absolute Gasteiger partial charge is 0.465 e. The number of cyclic esters (lactones) is 1. The molecule has 0 unspecified atom stereocenters. The lowest BCUT2D eigenvalue weighted by molar-refractivity contribution is -0.157. The van der Waals surface area contributed by atoms with Crippen molar-refractivity contribution in [3.63, 3.8) is 0 Å². The number of esters is 1. The molecule has 1 N–H and O–H groups in total. The third-order valence-corrected chi connectivity index (χ3v) is 1.43. The highest BCUT2D eigenvalue weighted by Crippen LogP contribution is 2.19. The Labute approximate surface area is 53.6 Å². The van der Waals surface area contributed by atoms with Crippen molar-refractivity contribution >= 4 is 5.97 Å². The van der Waals surface area contributed by atoms with Crippen molar-refractivity contribution in [2.24, 2.45) is 0 Å². The van der Waals surface area contributed by atoms with Gasteiger partial charge in [-0.3, -0.25) is 4.79 Å². The predicted octanol–water partition coefficient (Wildman–Crippen LogP) is 0.0744. The molecule has 1 fully saturated rings. The molecule has 0 spiro atoms. The van der Waals surface area contributed by atoms with Crippen molar-refractivity contribution in [2.75, 3.05) is 6.61 Å². The van der Waals surface area contributed by atoms with E-state index in [4.69, 9.17) is 0 Å². The van der Waals surface area contributed by atoms with Crippen LogP contribution in [0.3, 0.4) is 0 Å². The Bertz CT molecular complexity index is 128. The Morgan fingerprint density at radius 2 is 2.44 bits per heavy atom. The molecule has 0 saturated carbocycles. The molecule has 0 aromatic heterocycles. The molecule has 1 rings (SSSR count). The first kappa shape index (κ1) is 6.55. The summed E-state index contributed by atoms with van der Waals surface area (Å²) in [5, 5.41) is 9.24. The van der Waals surface area contributed by atoms with Crippen LogP contribution in [0.15, 0.2) is 0 Å². The molecule has 0 aliphatic carbocycles. The fourth-order valence-electron chi connectivity index (χ4n) is 0.835. The molecule has 9 heavy (non-hydrogen) atoms. The SMILES string of the molecule is C[C@]1(O)CCOC(=O)C1. The van der Waals surface area contributed by atoms with Crippen LogP contribution in [-0.2, 0) is 9.53 Å². The van der Waals surface area contributed by atoms with Crippen LogP contribution in [0.2, 0.25) is 0 Å². The Morgan fingerprint density at radius 1 is 1.78 bits per heavy atom. The normalized spacial score (nSPS) is 36.0. The number of hydrogen-bond donors (Lipinski definition) is 1. The van der Waals surface area contributed by atoms with Gasteiger partial charge in [-0.2, -0.15) is 0 Å². The van der Waals surface area contributed by atoms with E-state index in [0.717, 1.165) is 0 Å². The van der Waals surface area contributed by atoms with Gasteiger partial charge in [0, 0.05) is 6.42 Å². The number of rotatable bonds is 0. The number of carbonyl (C=O) groups is 1. The van der Waals surface area contributed by atoms with Crippen molar-refractivity contribution in [1.29, 1.82) is 0 Å². The van der Waals surface area contributed by atoms with Crippen LogP contribution < -0.4 is 0 Å². The first-order chi connectivity index (χ1) is 4.10. The van der Waals surface area contributed by atoms with Crippen LogP contribution in [0.4, 0.5) is 0 Å². The maximum atomic E-state index is 10.5. The Morgan fingerprint density at radius 3 is 2.78 bits per heavy atom. The van der Waals surface area contributed by atoms with E-state index in [1.807, 2.05) is 0 Å². The summed E-state index contributed by atoms with van der Waals surface area (Å²) in [6.45, 7) is 2.00. The highest BCUT2D eigenvalue weighted by atomic mass is 16.5. The minimum absolute atomic E-state index is 0.132. The van der Waals surface area contributed by atoms with Crippen LogP contribution >= 0.6 is 0 Å². The van der Waals surface area contributed by atoms with Crippen LogP contribution in [0.5, 0.6) is 0 Å². The van der Waals surface area contributed by atoms with E-state index in [-0.39, 0.29) is 12.4 Å². The van der Waals surface area contributed by atoms with E-state index in [2.05, 4.69) is 4.74 Å². The second kappa shape index (κ2) is 1.99. The molecular weight excluding hydrogens is 120 g/mol. The fourth-order valence-corrected chi connectivity index (χ4v) is 0.835. The zero-order valence-electron chi connectivity index (χ0n) is 5.39. The first-order valence-electron chi connectivity index (χ1n) is 2.98. The highest BCUT2D eigenvalue weighted by Gasteiger charge is 2.29. The number of aliphatic hydroxyl groups is 1. The number of ether oxygens (including phenoxy) is 1. The van der Waals surface area contributed by atoms with E-state index in [0.29, 0.717) is 13.0 Å². The first-order valence-corrected chi connectivity index (χ1v) is 2.98. The number of carbonyl (C=O) groups excluding carboxylic acids is 1. The standard InChI is InChI=1S/C6H10O3/c1-6(8)2-3-9-5(7)4-6/h8H,2-4H2,1H3/t6-/m0/s1. The van der Waals surface area contributed by atoms with Gasteiger partial charge in [0.25, 0.3) is 0 Å². The summed E-state index contributed by atoms with van der Waals surface area (Å²) in [4.78, 5) is 10.5. The molecule has 0 bridgehead atoms. The molecule has 1 saturated heterocycles. The maximum Gasteiger partial charge on any atom is 0.308 e. The van der Waals surface area contributed by atoms with Crippen molar-refractivity contribution in [3.05, 3.63) is 0 Å². The molecule has 1 aliphatic rings. The minimum atomic E-state index is -0.824. The van der Waals surface area contributed by atoms with Gasteiger partial charge in [0.15, 0.2) is 0 Å². The molecule has 0 aromatic carbocycles. The van der Waals surface area contributed by atoms with Crippen LogP contribution in [0.25, 0.3) is 0 Å². The van der Waals surface area contributed by atoms with Crippen molar-refractivity contribution in [3.8, 4) is 0 Å². The van der Waals surface area contributed by atoms with Gasteiger partial charge in [0.1, 0.15) is 0 Å². The quantitative estimate of drug-likeness (QED) is 0.472. The van der Waals surface area contributed by atoms with E-state index >= 15 is 0 Å². The molecular formula is C6H10O3. The summed E-state index contributed by atoms with van der Waals surface area (Å²) in [6.07, 6.45) is 0.686. The van der Waals surface area contributed by atoms with Crippen molar-refractivity contribution in [1.82, 2.24) is 0 Å². The molecule has 1 atom stereocenters. The van der Waals surface area contributed by atoms with Crippen LogP contribution in [0, 0.1) is 0 Å². The summed E-state index contributed by atoms with van der Waals surface area (Å²) >= 11 is 0. The third kappa shape index (κ3) is 1.68. The monoisotopic (exact) mass is 130 g/mol. The molecule has 0 aromatic rings. The van der Waals surface area contributed by atoms with Gasteiger partial charge < -0.3 is 9.84 Å². The molecule has 0 amide bonds. The summed E-state index contributed by atoms with van der Waals surface area (Å²) in [6, 6.07) is 0. The summed E-state index contributed by atoms with van der Waals surface area (Å²) in [5.74, 6) is -0.300. The zero-order chi connectivity index (χ0) is 6.91. The Hall–Kier alpha value is -0.570. The van der Waals surface area contributed by atoms with Gasteiger partial charge in [0.05, 0.1) is 18.6 Å². The van der Waals surface area contributed by atoms with Gasteiger partial charge >= 0.3 is 5.97 Å². The highest BCUT2D eigenvalue weighted by molar-refractivity contribution is 5.71. The minimum Gasteiger partial charge on any atom is -0.465 e. The van der Waals surface area contributed by atoms with E-state index in [1.165, 1.54) is 0 Å². The maximum absolute atomic E-state index is 10.5. The molecule has 3 nitrogen and oxygen atoms in total. The summed E-state index contributed by atoms with van der Waals surface area (Å²) in [7, 11) is 0. The van der Waals surface area contributed by atoms with Gasteiger partial charge in [0.2, 0.25) is 0 Å². The molecule has 1 heterocycles. The predicted molar refractivity (Wildman–Crippen MR) is 30.8 cm³/mol. The topological polar surface area (TPSA) is 46.5 Å². The van der Waals surface area contributed by atoms with E-state index in [9.17, 15) is 9.90 Å². The van der Waals surface area contributed by atoms with Crippen LogP contribution in [-0.4, -0.2) is 23.3 Å². The van der Waals surface area contributed by atoms with Crippen molar-refractivity contribution < 1.29 is 14.6 Å². The molecule has 1 aliphatic heterocycles. The lowest BCUT2D eigenvalue weighted by Crippen LogP contribution is -2.35. The summed E-state index contributed by atoms with van der Waals surface area (Å²) < 4.78 is 4.61. The second-order valence-corrected chi connectivity index (χ2v) is 2.64.